The van der Waals surface area contributed by atoms with Crippen LogP contribution < -0.4 is 9.73 Å². The molecule has 2 aromatic rings. The summed E-state index contributed by atoms with van der Waals surface area (Å²) in [6.45, 7) is 3.53. The fourth-order valence-corrected chi connectivity index (χ4v) is 4.85. The van der Waals surface area contributed by atoms with E-state index in [0.717, 1.165) is 42.5 Å². The zero-order valence-corrected chi connectivity index (χ0v) is 17.7. The Morgan fingerprint density at radius 3 is 2.38 bits per heavy atom. The van der Waals surface area contributed by atoms with Crippen LogP contribution in [-0.4, -0.2) is 26.6 Å². The number of benzene rings is 2. The number of nitrogens with zero attached hydrogens (tertiary/aromatic N) is 2. The molecule has 0 unspecified atom stereocenters. The van der Waals surface area contributed by atoms with Crippen molar-refractivity contribution in [3.63, 3.8) is 0 Å². The largest absolute Gasteiger partial charge is 0.271 e. The highest BCUT2D eigenvalue weighted by molar-refractivity contribution is 7.92. The molecule has 0 heterocycles. The number of hydrogen-bond donors (Lipinski definition) is 1. The molecule has 1 fully saturated rings. The summed E-state index contributed by atoms with van der Waals surface area (Å²) in [5, 5.41) is 4.17. The van der Waals surface area contributed by atoms with E-state index in [2.05, 4.69) is 10.5 Å². The van der Waals surface area contributed by atoms with E-state index in [-0.39, 0.29) is 11.4 Å². The van der Waals surface area contributed by atoms with E-state index in [9.17, 15) is 13.2 Å². The van der Waals surface area contributed by atoms with Gasteiger partial charge in [0.1, 0.15) is 6.54 Å². The number of carbonyl (C=O) groups excluding carboxylic acids is 1. The van der Waals surface area contributed by atoms with Crippen LogP contribution in [0.5, 0.6) is 0 Å². The first-order valence-corrected chi connectivity index (χ1v) is 11.4. The maximum Gasteiger partial charge on any atom is 0.264 e. The molecule has 0 aromatic heterocycles. The van der Waals surface area contributed by atoms with Crippen molar-refractivity contribution in [2.75, 3.05) is 10.8 Å². The molecule has 7 heteroatoms. The van der Waals surface area contributed by atoms with Crippen LogP contribution in [0.3, 0.4) is 0 Å². The average molecular weight is 414 g/mol. The summed E-state index contributed by atoms with van der Waals surface area (Å²) in [4.78, 5) is 12.7. The Morgan fingerprint density at radius 2 is 1.72 bits per heavy atom. The van der Waals surface area contributed by atoms with Gasteiger partial charge in [-0.05, 0) is 62.8 Å². The van der Waals surface area contributed by atoms with Crippen molar-refractivity contribution in [3.8, 4) is 0 Å². The second kappa shape index (κ2) is 9.22. The molecule has 1 aliphatic rings. The van der Waals surface area contributed by atoms with Gasteiger partial charge < -0.3 is 0 Å². The van der Waals surface area contributed by atoms with Crippen LogP contribution in [0, 0.1) is 6.92 Å². The van der Waals surface area contributed by atoms with E-state index in [4.69, 9.17) is 0 Å². The third-order valence-corrected chi connectivity index (χ3v) is 6.83. The Labute approximate surface area is 172 Å². The van der Waals surface area contributed by atoms with Crippen molar-refractivity contribution in [1.29, 1.82) is 0 Å². The molecule has 1 N–H and O–H groups in total. The summed E-state index contributed by atoms with van der Waals surface area (Å²) in [7, 11) is -3.91. The number of amides is 1. The molecule has 1 saturated carbocycles. The molecule has 1 aliphatic carbocycles. The zero-order valence-electron chi connectivity index (χ0n) is 16.9. The first kappa shape index (κ1) is 21.0. The van der Waals surface area contributed by atoms with Crippen LogP contribution in [-0.2, 0) is 21.2 Å². The van der Waals surface area contributed by atoms with Gasteiger partial charge >= 0.3 is 0 Å². The first-order valence-electron chi connectivity index (χ1n) is 9.93. The highest BCUT2D eigenvalue weighted by Gasteiger charge is 2.28. The molecular weight excluding hydrogens is 386 g/mol. The molecule has 154 valence electrons. The quantitative estimate of drug-likeness (QED) is 0.701. The molecule has 29 heavy (non-hydrogen) atoms. The summed E-state index contributed by atoms with van der Waals surface area (Å²) in [5.74, 6) is -0.453. The molecule has 2 aromatic carbocycles. The van der Waals surface area contributed by atoms with Gasteiger partial charge in [0.05, 0.1) is 10.6 Å². The normalized spacial score (nSPS) is 13.9. The molecular formula is C22H27N3O3S. The van der Waals surface area contributed by atoms with Crippen molar-refractivity contribution < 1.29 is 13.2 Å². The highest BCUT2D eigenvalue weighted by Crippen LogP contribution is 2.27. The highest BCUT2D eigenvalue weighted by atomic mass is 32.2. The Balaban J connectivity index is 1.94. The number of anilines is 1. The predicted octanol–water partition coefficient (Wildman–Crippen LogP) is 3.80. The molecule has 1 amide bonds. The molecule has 0 bridgehead atoms. The van der Waals surface area contributed by atoms with E-state index in [1.807, 2.05) is 26.0 Å². The number of nitrogens with one attached hydrogen (secondary N) is 1. The smallest absolute Gasteiger partial charge is 0.264 e. The lowest BCUT2D eigenvalue weighted by Gasteiger charge is -2.26. The Kier molecular flexibility index (Phi) is 6.69. The second-order valence-electron chi connectivity index (χ2n) is 7.23. The van der Waals surface area contributed by atoms with E-state index in [0.29, 0.717) is 12.1 Å². The molecule has 6 nitrogen and oxygen atoms in total. The third-order valence-electron chi connectivity index (χ3n) is 5.06. The number of rotatable bonds is 7. The van der Waals surface area contributed by atoms with Gasteiger partial charge in [-0.1, -0.05) is 42.8 Å². The number of hydrogen-bond acceptors (Lipinski definition) is 4. The Bertz CT molecular complexity index is 990. The maximum absolute atomic E-state index is 13.4. The van der Waals surface area contributed by atoms with Crippen LogP contribution in [0.15, 0.2) is 58.5 Å². The molecule has 0 saturated heterocycles. The summed E-state index contributed by atoms with van der Waals surface area (Å²) < 4.78 is 28.0. The van der Waals surface area contributed by atoms with Crippen LogP contribution >= 0.6 is 0 Å². The van der Waals surface area contributed by atoms with Gasteiger partial charge in [-0.2, -0.15) is 5.10 Å². The van der Waals surface area contributed by atoms with Gasteiger partial charge in [0.15, 0.2) is 0 Å². The minimum atomic E-state index is -3.91. The first-order chi connectivity index (χ1) is 13.9. The monoisotopic (exact) mass is 413 g/mol. The molecule has 0 atom stereocenters. The van der Waals surface area contributed by atoms with E-state index >= 15 is 0 Å². The van der Waals surface area contributed by atoms with Gasteiger partial charge in [-0.15, -0.1) is 0 Å². The number of para-hydroxylation sites is 1. The van der Waals surface area contributed by atoms with Crippen molar-refractivity contribution in [3.05, 3.63) is 59.7 Å². The summed E-state index contributed by atoms with van der Waals surface area (Å²) in [5.41, 5.74) is 5.84. The number of aryl methyl sites for hydroxylation is 2. The summed E-state index contributed by atoms with van der Waals surface area (Å²) in [6.07, 6.45) is 4.56. The topological polar surface area (TPSA) is 78.8 Å². The summed E-state index contributed by atoms with van der Waals surface area (Å²) >= 11 is 0. The van der Waals surface area contributed by atoms with Crippen molar-refractivity contribution in [2.24, 2.45) is 5.10 Å². The Morgan fingerprint density at radius 1 is 1.07 bits per heavy atom. The van der Waals surface area contributed by atoms with E-state index in [1.165, 1.54) is 4.31 Å². The third kappa shape index (κ3) is 5.03. The predicted molar refractivity (Wildman–Crippen MR) is 116 cm³/mol. The second-order valence-corrected chi connectivity index (χ2v) is 9.09. The van der Waals surface area contributed by atoms with Crippen LogP contribution in [0.4, 0.5) is 5.69 Å². The minimum absolute atomic E-state index is 0.156. The van der Waals surface area contributed by atoms with Gasteiger partial charge in [0.25, 0.3) is 15.9 Å². The number of hydrazone groups is 1. The number of sulfonamides is 1. The van der Waals surface area contributed by atoms with Crippen LogP contribution in [0.1, 0.15) is 43.7 Å². The summed E-state index contributed by atoms with van der Waals surface area (Å²) in [6, 6.07) is 13.9. The molecule has 3 rings (SSSR count). The fourth-order valence-electron chi connectivity index (χ4n) is 3.39. The Hall–Kier alpha value is -2.67. The van der Waals surface area contributed by atoms with Gasteiger partial charge in [-0.25, -0.2) is 13.8 Å². The number of carbonyl (C=O) groups is 1. The lowest BCUT2D eigenvalue weighted by atomic mass is 10.1. The van der Waals surface area contributed by atoms with Crippen LogP contribution in [0.25, 0.3) is 0 Å². The van der Waals surface area contributed by atoms with Crippen molar-refractivity contribution in [2.45, 2.75) is 50.8 Å². The van der Waals surface area contributed by atoms with Crippen molar-refractivity contribution >= 4 is 27.3 Å². The van der Waals surface area contributed by atoms with E-state index in [1.54, 1.807) is 36.4 Å². The lowest BCUT2D eigenvalue weighted by molar-refractivity contribution is -0.119. The van der Waals surface area contributed by atoms with Crippen molar-refractivity contribution in [1.82, 2.24) is 5.43 Å². The SMILES string of the molecule is CCc1ccccc1N(CC(=O)NN=C1CCCC1)S(=O)(=O)c1ccc(C)cc1. The van der Waals surface area contributed by atoms with Gasteiger partial charge in [0, 0.05) is 5.71 Å². The average Bonchev–Trinajstić information content (AvgIpc) is 3.24. The minimum Gasteiger partial charge on any atom is -0.271 e. The molecule has 0 aliphatic heterocycles. The zero-order chi connectivity index (χ0) is 20.9. The van der Waals surface area contributed by atoms with Crippen LogP contribution in [0.2, 0.25) is 0 Å². The lowest BCUT2D eigenvalue weighted by Crippen LogP contribution is -2.40. The van der Waals surface area contributed by atoms with Gasteiger partial charge in [-0.3, -0.25) is 9.10 Å². The van der Waals surface area contributed by atoms with Gasteiger partial charge in [0.2, 0.25) is 0 Å². The van der Waals surface area contributed by atoms with E-state index < -0.39 is 15.9 Å². The fraction of sp³-hybridized carbons (Fsp3) is 0.364. The standard InChI is InChI=1S/C22H27N3O3S/c1-3-18-8-4-7-11-21(18)25(16-22(26)24-23-19-9-5-6-10-19)29(27,28)20-14-12-17(2)13-15-20/h4,7-8,11-15H,3,5-6,9-10,16H2,1-2H3,(H,24,26). The maximum atomic E-state index is 13.4. The molecule has 0 spiro atoms. The molecule has 0 radical (unpaired) electrons.